The Balaban J connectivity index is 0.00000541. The maximum Gasteiger partial charge on any atom is 3.00 e. The molecule has 0 aliphatic carbocycles. The van der Waals surface area contributed by atoms with Crippen molar-refractivity contribution in [2.75, 3.05) is 0 Å². The molecule has 0 saturated carbocycles. The number of rotatable bonds is 11. The van der Waals surface area contributed by atoms with Crippen LogP contribution in [0, 0.1) is 18.2 Å². The average Bonchev–Trinajstić information content (AvgIpc) is 4.06. The van der Waals surface area contributed by atoms with Gasteiger partial charge in [0, 0.05) is 6.20 Å². The van der Waals surface area contributed by atoms with Crippen LogP contribution in [0.5, 0.6) is 0 Å². The van der Waals surface area contributed by atoms with E-state index in [1.54, 1.807) is 0 Å². The smallest absolute Gasteiger partial charge is 0.341 e. The van der Waals surface area contributed by atoms with Gasteiger partial charge in [-0.25, -0.2) is 0 Å². The van der Waals surface area contributed by atoms with E-state index in [0.717, 1.165) is 114 Å². The van der Waals surface area contributed by atoms with Gasteiger partial charge in [-0.15, -0.1) is 92.8 Å². The molecule has 0 unspecified atom stereocenters. The molecule has 0 aliphatic rings. The third-order valence-electron chi connectivity index (χ3n) is 14.7. The first kappa shape index (κ1) is 46.0. The number of aryl methyl sites for hydroxylation is 4. The molecule has 9 aromatic carbocycles. The summed E-state index contributed by atoms with van der Waals surface area (Å²) in [5, 5.41) is 4.38. The van der Waals surface area contributed by atoms with Crippen LogP contribution in [-0.4, -0.2) is 23.8 Å². The number of hydrogen-bond donors (Lipinski definition) is 0. The number of hydrogen-bond acceptors (Lipinski definition) is 3. The zero-order valence-corrected chi connectivity index (χ0v) is 43.2. The molecular formula is C69H46IrN5. The van der Waals surface area contributed by atoms with Crippen LogP contribution in [0.4, 0.5) is 0 Å². The fraction of sp³-hybridized carbons (Fsp3) is 0.0580. The van der Waals surface area contributed by atoms with Crippen molar-refractivity contribution in [1.82, 2.24) is 23.8 Å². The monoisotopic (exact) mass is 1140 g/mol. The Morgan fingerprint density at radius 1 is 0.373 bits per heavy atom. The van der Waals surface area contributed by atoms with E-state index in [-0.39, 0.29) is 20.1 Å². The van der Waals surface area contributed by atoms with Crippen LogP contribution >= 0.6 is 0 Å². The van der Waals surface area contributed by atoms with Gasteiger partial charge in [0.15, 0.2) is 0 Å². The third kappa shape index (κ3) is 8.68. The quantitative estimate of drug-likeness (QED) is 0.121. The molecule has 0 bridgehead atoms. The minimum absolute atomic E-state index is 0. The zero-order chi connectivity index (χ0) is 49.0. The Kier molecular flexibility index (Phi) is 12.0. The number of imidazole rings is 2. The largest absolute Gasteiger partial charge is 3.00 e. The maximum absolute atomic E-state index is 4.99. The van der Waals surface area contributed by atoms with Gasteiger partial charge in [-0.2, -0.15) is 0 Å². The Labute approximate surface area is 448 Å². The summed E-state index contributed by atoms with van der Waals surface area (Å²) in [6, 6.07) is 87.1. The molecule has 14 rings (SSSR count). The third-order valence-corrected chi connectivity index (χ3v) is 14.7. The molecule has 0 radical (unpaired) electrons. The molecule has 5 heterocycles. The van der Waals surface area contributed by atoms with E-state index in [0.29, 0.717) is 0 Å². The van der Waals surface area contributed by atoms with E-state index in [4.69, 9.17) is 15.0 Å². The predicted octanol–water partition coefficient (Wildman–Crippen LogP) is 16.3. The second-order valence-electron chi connectivity index (χ2n) is 19.3. The van der Waals surface area contributed by atoms with E-state index in [9.17, 15) is 0 Å². The molecule has 0 fully saturated rings. The van der Waals surface area contributed by atoms with Crippen LogP contribution in [0.1, 0.15) is 22.3 Å². The summed E-state index contributed by atoms with van der Waals surface area (Å²) in [5.74, 6) is 0. The van der Waals surface area contributed by atoms with E-state index >= 15 is 0 Å². The zero-order valence-electron chi connectivity index (χ0n) is 40.8. The Hall–Kier alpha value is -8.80. The van der Waals surface area contributed by atoms with Crippen LogP contribution in [-0.2, 0) is 45.8 Å². The molecule has 0 atom stereocenters. The Bertz CT molecular complexity index is 4250. The SMILES string of the molecule is [Ir+3].[c-]1cc(-c2ccccc2-c2cc(CCc3c[c-]c4c(ccn5c6ccccc6nc45)c3)cc(CCc3c[c-]c4c(ccn5c6ccccc6nc45)c3)c2)c(-c2ccc(-c3ccccc3)cc2)cc1-c1ccccn1. The standard InChI is InChI=1S/C69H46N5.Ir/c1-2-12-50(13-3-1)51-27-29-52(30-28-51)62-45-55(63-16-10-11-37-70-63)31-34-61(62)60-15-5-4-14-57(60)56-43-48(23-21-46-25-32-58-53(41-46)35-38-73-66-19-8-6-17-64(66)71-68(58)73)40-49(44-56)24-22-47-26-33-59-54(42-47)36-39-74-67-20-9-7-18-65(67)72-69(59)74;/h1-20,25-30,34-45H,21-24H2;/q-3;+3. The van der Waals surface area contributed by atoms with Crippen molar-refractivity contribution in [3.63, 3.8) is 0 Å². The van der Waals surface area contributed by atoms with Crippen LogP contribution in [0.15, 0.2) is 231 Å². The van der Waals surface area contributed by atoms with Gasteiger partial charge in [0.05, 0.1) is 33.4 Å². The number of pyridine rings is 3. The number of fused-ring (bicyclic) bond motifs is 10. The first-order valence-electron chi connectivity index (χ1n) is 25.4. The van der Waals surface area contributed by atoms with Crippen LogP contribution in [0.3, 0.4) is 0 Å². The number of aromatic nitrogens is 5. The number of benzene rings is 9. The van der Waals surface area contributed by atoms with Gasteiger partial charge in [-0.05, 0) is 100 Å². The topological polar surface area (TPSA) is 47.5 Å². The Morgan fingerprint density at radius 2 is 0.907 bits per heavy atom. The van der Waals surface area contributed by atoms with Crippen LogP contribution < -0.4 is 0 Å². The molecule has 0 amide bonds. The first-order chi connectivity index (χ1) is 36.6. The van der Waals surface area contributed by atoms with Crippen molar-refractivity contribution in [3.05, 3.63) is 271 Å². The summed E-state index contributed by atoms with van der Waals surface area (Å²) in [4.78, 5) is 14.7. The van der Waals surface area contributed by atoms with E-state index in [2.05, 4.69) is 227 Å². The second-order valence-corrected chi connectivity index (χ2v) is 19.3. The first-order valence-corrected chi connectivity index (χ1v) is 25.4. The molecule has 0 saturated heterocycles. The average molecular weight is 1140 g/mol. The molecule has 6 heteroatoms. The summed E-state index contributed by atoms with van der Waals surface area (Å²) in [6.45, 7) is 0. The second kappa shape index (κ2) is 19.6. The van der Waals surface area contributed by atoms with Gasteiger partial charge in [-0.1, -0.05) is 175 Å². The molecule has 14 aromatic rings. The summed E-state index contributed by atoms with van der Waals surface area (Å²) < 4.78 is 4.35. The minimum Gasteiger partial charge on any atom is -0.341 e. The van der Waals surface area contributed by atoms with Crippen molar-refractivity contribution in [2.45, 2.75) is 25.7 Å². The summed E-state index contributed by atoms with van der Waals surface area (Å²) in [7, 11) is 0. The van der Waals surface area contributed by atoms with Gasteiger partial charge in [0.1, 0.15) is 0 Å². The van der Waals surface area contributed by atoms with Crippen molar-refractivity contribution in [1.29, 1.82) is 0 Å². The molecule has 356 valence electrons. The van der Waals surface area contributed by atoms with Crippen molar-refractivity contribution in [3.8, 4) is 55.8 Å². The van der Waals surface area contributed by atoms with E-state index in [1.807, 2.05) is 30.5 Å². The summed E-state index contributed by atoms with van der Waals surface area (Å²) in [6.07, 6.45) is 9.64. The van der Waals surface area contributed by atoms with Crippen LogP contribution in [0.2, 0.25) is 0 Å². The Morgan fingerprint density at radius 3 is 1.52 bits per heavy atom. The van der Waals surface area contributed by atoms with Crippen molar-refractivity contribution in [2.24, 2.45) is 0 Å². The van der Waals surface area contributed by atoms with Crippen LogP contribution in [0.25, 0.3) is 111 Å². The van der Waals surface area contributed by atoms with Crippen molar-refractivity contribution < 1.29 is 20.1 Å². The van der Waals surface area contributed by atoms with Gasteiger partial charge in [0.25, 0.3) is 0 Å². The van der Waals surface area contributed by atoms with Gasteiger partial charge in [0.2, 0.25) is 0 Å². The fourth-order valence-corrected chi connectivity index (χ4v) is 11.0. The molecule has 5 aromatic heterocycles. The normalized spacial score (nSPS) is 11.6. The van der Waals surface area contributed by atoms with E-state index in [1.165, 1.54) is 44.5 Å². The maximum atomic E-state index is 4.99. The van der Waals surface area contributed by atoms with Gasteiger partial charge in [-0.3, -0.25) is 9.97 Å². The van der Waals surface area contributed by atoms with Gasteiger partial charge >= 0.3 is 20.1 Å². The molecule has 0 aliphatic heterocycles. The minimum atomic E-state index is 0. The molecule has 75 heavy (non-hydrogen) atoms. The van der Waals surface area contributed by atoms with Crippen molar-refractivity contribution >= 4 is 54.9 Å². The molecule has 0 N–H and O–H groups in total. The molecule has 0 spiro atoms. The van der Waals surface area contributed by atoms with Gasteiger partial charge < -0.3 is 13.8 Å². The predicted molar refractivity (Wildman–Crippen MR) is 303 cm³/mol. The number of para-hydroxylation sites is 4. The molecule has 5 nitrogen and oxygen atoms in total. The summed E-state index contributed by atoms with van der Waals surface area (Å²) >= 11 is 0. The molecular weight excluding hydrogens is 1090 g/mol. The van der Waals surface area contributed by atoms with E-state index < -0.39 is 0 Å². The number of nitrogens with zero attached hydrogens (tertiary/aromatic N) is 5. The summed E-state index contributed by atoms with van der Waals surface area (Å²) in [5.41, 5.74) is 22.4. The fourth-order valence-electron chi connectivity index (χ4n) is 11.0.